The molecule has 0 bridgehead atoms. The number of nitrogens with zero attached hydrogens (tertiary/aromatic N) is 1. The minimum atomic E-state index is -0.177. The Hall–Kier alpha value is -1.72. The molecule has 22 heavy (non-hydrogen) atoms. The average molecular weight is 315 g/mol. The van der Waals surface area contributed by atoms with Crippen LogP contribution in [0.5, 0.6) is 0 Å². The van der Waals surface area contributed by atoms with Crippen LogP contribution < -0.4 is 10.6 Å². The van der Waals surface area contributed by atoms with Crippen LogP contribution in [0.3, 0.4) is 0 Å². The molecule has 0 spiro atoms. The highest BCUT2D eigenvalue weighted by Crippen LogP contribution is 2.25. The predicted octanol–water partition coefficient (Wildman–Crippen LogP) is 3.45. The molecule has 4 nitrogen and oxygen atoms in total. The molecule has 1 saturated carbocycles. The number of rotatable bonds is 6. The molecule has 5 heteroatoms. The van der Waals surface area contributed by atoms with Crippen molar-refractivity contribution in [2.75, 3.05) is 5.32 Å². The normalized spacial score (nSPS) is 15.5. The Morgan fingerprint density at radius 2 is 2.09 bits per heavy atom. The number of hydrogen-bond acceptors (Lipinski definition) is 4. The van der Waals surface area contributed by atoms with Crippen molar-refractivity contribution in [2.45, 2.75) is 45.2 Å². The van der Waals surface area contributed by atoms with Crippen LogP contribution in [-0.4, -0.2) is 23.0 Å². The van der Waals surface area contributed by atoms with Gasteiger partial charge in [-0.25, -0.2) is 4.98 Å². The van der Waals surface area contributed by atoms with E-state index in [0.29, 0.717) is 11.2 Å². The molecule has 0 radical (unpaired) electrons. The van der Waals surface area contributed by atoms with Gasteiger partial charge in [-0.2, -0.15) is 0 Å². The lowest BCUT2D eigenvalue weighted by Gasteiger charge is -2.11. The van der Waals surface area contributed by atoms with Crippen LogP contribution >= 0.6 is 11.3 Å². The fraction of sp³-hybridized carbons (Fsp3) is 0.412. The summed E-state index contributed by atoms with van der Waals surface area (Å²) >= 11 is 1.46. The molecular formula is C17H21N3OS. The molecule has 1 amide bonds. The molecule has 1 aliphatic carbocycles. The first-order valence-electron chi connectivity index (χ1n) is 7.77. The highest BCUT2D eigenvalue weighted by atomic mass is 32.1. The Kier molecular flexibility index (Phi) is 4.55. The van der Waals surface area contributed by atoms with Gasteiger partial charge in [0.25, 0.3) is 0 Å². The fourth-order valence-electron chi connectivity index (χ4n) is 2.27. The predicted molar refractivity (Wildman–Crippen MR) is 91.2 cm³/mol. The van der Waals surface area contributed by atoms with E-state index in [1.807, 2.05) is 12.3 Å². The van der Waals surface area contributed by atoms with Crippen LogP contribution in [0.2, 0.25) is 0 Å². The molecule has 1 aromatic carbocycles. The summed E-state index contributed by atoms with van der Waals surface area (Å²) in [5, 5.41) is 8.82. The van der Waals surface area contributed by atoms with Crippen molar-refractivity contribution in [3.63, 3.8) is 0 Å². The molecule has 1 fully saturated rings. The first-order valence-corrected chi connectivity index (χ1v) is 8.65. The van der Waals surface area contributed by atoms with Gasteiger partial charge in [-0.3, -0.25) is 4.79 Å². The number of nitrogens with one attached hydrogen (secondary N) is 2. The molecule has 2 aromatic rings. The molecule has 1 aliphatic rings. The number of thiazole rings is 1. The van der Waals surface area contributed by atoms with E-state index in [2.05, 4.69) is 46.8 Å². The Morgan fingerprint density at radius 3 is 2.73 bits per heavy atom. The van der Waals surface area contributed by atoms with Crippen molar-refractivity contribution in [1.82, 2.24) is 10.3 Å². The molecule has 0 aliphatic heterocycles. The highest BCUT2D eigenvalue weighted by molar-refractivity contribution is 7.14. The van der Waals surface area contributed by atoms with E-state index in [1.54, 1.807) is 0 Å². The lowest BCUT2D eigenvalue weighted by Crippen LogP contribution is -2.39. The van der Waals surface area contributed by atoms with Gasteiger partial charge >= 0.3 is 0 Å². The third-order valence-corrected chi connectivity index (χ3v) is 4.61. The summed E-state index contributed by atoms with van der Waals surface area (Å²) in [6.45, 7) is 4.04. The van der Waals surface area contributed by atoms with Crippen molar-refractivity contribution in [1.29, 1.82) is 0 Å². The second-order valence-corrected chi connectivity index (χ2v) is 6.60. The zero-order chi connectivity index (χ0) is 15.5. The van der Waals surface area contributed by atoms with Gasteiger partial charge in [0, 0.05) is 17.0 Å². The Balaban J connectivity index is 1.63. The number of hydrogen-bond donors (Lipinski definition) is 2. The molecule has 1 heterocycles. The lowest BCUT2D eigenvalue weighted by atomic mass is 10.1. The molecule has 1 unspecified atom stereocenters. The van der Waals surface area contributed by atoms with E-state index in [4.69, 9.17) is 0 Å². The monoisotopic (exact) mass is 315 g/mol. The third kappa shape index (κ3) is 3.72. The lowest BCUT2D eigenvalue weighted by molar-refractivity contribution is -0.117. The highest BCUT2D eigenvalue weighted by Gasteiger charge is 2.25. The van der Waals surface area contributed by atoms with Crippen molar-refractivity contribution >= 4 is 22.4 Å². The maximum Gasteiger partial charge on any atom is 0.243 e. The van der Waals surface area contributed by atoms with E-state index in [9.17, 15) is 4.79 Å². The average Bonchev–Trinajstić information content (AvgIpc) is 3.23. The smallest absolute Gasteiger partial charge is 0.243 e. The van der Waals surface area contributed by atoms with E-state index in [0.717, 1.165) is 17.7 Å². The van der Waals surface area contributed by atoms with Gasteiger partial charge in [-0.1, -0.05) is 31.2 Å². The maximum atomic E-state index is 12.1. The van der Waals surface area contributed by atoms with Crippen molar-refractivity contribution in [3.05, 3.63) is 35.2 Å². The van der Waals surface area contributed by atoms with Crippen LogP contribution in [0.4, 0.5) is 5.13 Å². The number of aryl methyl sites for hydroxylation is 1. The number of carbonyl (C=O) groups is 1. The number of amides is 1. The number of benzene rings is 1. The first kappa shape index (κ1) is 15.2. The SMILES string of the molecule is CCc1ccc(-c2csc(NC(=O)C(C)NC3CC3)n2)cc1. The third-order valence-electron chi connectivity index (χ3n) is 3.85. The summed E-state index contributed by atoms with van der Waals surface area (Å²) < 4.78 is 0. The Bertz CT molecular complexity index is 646. The quantitative estimate of drug-likeness (QED) is 0.858. The Labute approximate surface area is 135 Å². The first-order chi connectivity index (χ1) is 10.7. The van der Waals surface area contributed by atoms with Crippen molar-refractivity contribution in [2.24, 2.45) is 0 Å². The molecule has 3 rings (SSSR count). The van der Waals surface area contributed by atoms with Gasteiger partial charge in [-0.15, -0.1) is 11.3 Å². The zero-order valence-corrected chi connectivity index (χ0v) is 13.7. The number of anilines is 1. The van der Waals surface area contributed by atoms with Gasteiger partial charge in [0.05, 0.1) is 11.7 Å². The zero-order valence-electron chi connectivity index (χ0n) is 12.9. The van der Waals surface area contributed by atoms with Gasteiger partial charge in [-0.05, 0) is 31.7 Å². The summed E-state index contributed by atoms with van der Waals surface area (Å²) in [4.78, 5) is 16.6. The van der Waals surface area contributed by atoms with Crippen LogP contribution in [0.25, 0.3) is 11.3 Å². The molecule has 1 atom stereocenters. The Morgan fingerprint density at radius 1 is 1.36 bits per heavy atom. The van der Waals surface area contributed by atoms with Crippen molar-refractivity contribution < 1.29 is 4.79 Å². The molecule has 116 valence electrons. The second kappa shape index (κ2) is 6.58. The summed E-state index contributed by atoms with van der Waals surface area (Å²) in [7, 11) is 0. The number of carbonyl (C=O) groups excluding carboxylic acids is 1. The number of aromatic nitrogens is 1. The van der Waals surface area contributed by atoms with E-state index < -0.39 is 0 Å². The van der Waals surface area contributed by atoms with E-state index in [1.165, 1.54) is 29.7 Å². The molecule has 2 N–H and O–H groups in total. The van der Waals surface area contributed by atoms with E-state index >= 15 is 0 Å². The summed E-state index contributed by atoms with van der Waals surface area (Å²) in [6, 6.07) is 8.74. The topological polar surface area (TPSA) is 54.0 Å². The van der Waals surface area contributed by atoms with Crippen LogP contribution in [0.1, 0.15) is 32.3 Å². The second-order valence-electron chi connectivity index (χ2n) is 5.74. The van der Waals surface area contributed by atoms with Gasteiger partial charge in [0.2, 0.25) is 5.91 Å². The van der Waals surface area contributed by atoms with Gasteiger partial charge in [0.15, 0.2) is 5.13 Å². The maximum absolute atomic E-state index is 12.1. The van der Waals surface area contributed by atoms with Gasteiger partial charge < -0.3 is 10.6 Å². The summed E-state index contributed by atoms with van der Waals surface area (Å²) in [5.41, 5.74) is 3.30. The van der Waals surface area contributed by atoms with Crippen LogP contribution in [0, 0.1) is 0 Å². The summed E-state index contributed by atoms with van der Waals surface area (Å²) in [5.74, 6) is -0.0193. The van der Waals surface area contributed by atoms with Gasteiger partial charge in [0.1, 0.15) is 0 Å². The minimum Gasteiger partial charge on any atom is -0.303 e. The largest absolute Gasteiger partial charge is 0.303 e. The van der Waals surface area contributed by atoms with Crippen LogP contribution in [0.15, 0.2) is 29.6 Å². The molecule has 1 aromatic heterocycles. The van der Waals surface area contributed by atoms with Crippen molar-refractivity contribution in [3.8, 4) is 11.3 Å². The fourth-order valence-corrected chi connectivity index (χ4v) is 2.99. The minimum absolute atomic E-state index is 0.0193. The van der Waals surface area contributed by atoms with E-state index in [-0.39, 0.29) is 11.9 Å². The molecule has 0 saturated heterocycles. The standard InChI is InChI=1S/C17H21N3OS/c1-3-12-4-6-13(7-5-12)15-10-22-17(19-15)20-16(21)11(2)18-14-8-9-14/h4-7,10-11,14,18H,3,8-9H2,1-2H3,(H,19,20,21). The van der Waals surface area contributed by atoms with Crippen LogP contribution in [-0.2, 0) is 11.2 Å². The molecular weight excluding hydrogens is 294 g/mol. The summed E-state index contributed by atoms with van der Waals surface area (Å²) in [6.07, 6.45) is 3.38.